The summed E-state index contributed by atoms with van der Waals surface area (Å²) in [6.07, 6.45) is 3.69. The molecule has 1 aromatic carbocycles. The van der Waals surface area contributed by atoms with Crippen molar-refractivity contribution >= 4 is 11.8 Å². The average Bonchev–Trinajstić information content (AvgIpc) is 2.47. The molecule has 21 heavy (non-hydrogen) atoms. The van der Waals surface area contributed by atoms with Gasteiger partial charge in [-0.2, -0.15) is 0 Å². The number of nitrogens with zero attached hydrogens (tertiary/aromatic N) is 1. The normalized spacial score (nSPS) is 10.9. The van der Waals surface area contributed by atoms with Gasteiger partial charge in [-0.05, 0) is 31.0 Å². The molecule has 1 heterocycles. The maximum absolute atomic E-state index is 11.7. The highest BCUT2D eigenvalue weighted by Crippen LogP contribution is 2.17. The minimum atomic E-state index is -0.0935. The predicted octanol–water partition coefficient (Wildman–Crippen LogP) is 2.74. The molecular weight excluding hydrogens is 284 g/mol. The molecule has 1 N–H and O–H groups in total. The van der Waals surface area contributed by atoms with E-state index in [-0.39, 0.29) is 5.43 Å². The molecule has 0 aliphatic carbocycles. The first-order valence-corrected chi connectivity index (χ1v) is 7.92. The number of benzene rings is 1. The second kappa shape index (κ2) is 7.33. The van der Waals surface area contributed by atoms with Crippen LogP contribution in [0.3, 0.4) is 0 Å². The van der Waals surface area contributed by atoms with Crippen molar-refractivity contribution in [2.24, 2.45) is 0 Å². The third-order valence-electron chi connectivity index (χ3n) is 3.18. The minimum Gasteiger partial charge on any atom is -0.491 e. The summed E-state index contributed by atoms with van der Waals surface area (Å²) in [6, 6.07) is 10.1. The Kier molecular flexibility index (Phi) is 5.47. The Morgan fingerprint density at radius 2 is 2.10 bits per heavy atom. The third-order valence-corrected chi connectivity index (χ3v) is 3.91. The Balaban J connectivity index is 2.02. The number of thioether (sulfide) groups is 1. The second-order valence-corrected chi connectivity index (χ2v) is 5.79. The van der Waals surface area contributed by atoms with Gasteiger partial charge < -0.3 is 9.72 Å². The SMILES string of the molecule is COc1c[nH]c(CN(C)Cc2cccc(SC)c2)cc1=O. The lowest BCUT2D eigenvalue weighted by Crippen LogP contribution is -2.19. The van der Waals surface area contributed by atoms with E-state index in [1.165, 1.54) is 17.6 Å². The fourth-order valence-corrected chi connectivity index (χ4v) is 2.66. The molecule has 0 aliphatic rings. The van der Waals surface area contributed by atoms with Gasteiger partial charge in [0, 0.05) is 35.9 Å². The molecule has 0 amide bonds. The average molecular weight is 304 g/mol. The van der Waals surface area contributed by atoms with Crippen LogP contribution in [0.2, 0.25) is 0 Å². The summed E-state index contributed by atoms with van der Waals surface area (Å²) in [6.45, 7) is 1.52. The summed E-state index contributed by atoms with van der Waals surface area (Å²) in [4.78, 5) is 18.3. The van der Waals surface area contributed by atoms with Crippen molar-refractivity contribution in [3.8, 4) is 5.75 Å². The van der Waals surface area contributed by atoms with Gasteiger partial charge in [0.1, 0.15) is 0 Å². The van der Waals surface area contributed by atoms with E-state index in [0.29, 0.717) is 12.3 Å². The molecule has 0 bridgehead atoms. The van der Waals surface area contributed by atoms with Gasteiger partial charge in [0.15, 0.2) is 5.75 Å². The molecule has 1 aromatic heterocycles. The van der Waals surface area contributed by atoms with Crippen molar-refractivity contribution in [1.82, 2.24) is 9.88 Å². The summed E-state index contributed by atoms with van der Waals surface area (Å²) in [5.74, 6) is 0.342. The number of methoxy groups -OCH3 is 1. The summed E-state index contributed by atoms with van der Waals surface area (Å²) in [5, 5.41) is 0. The molecular formula is C16H20N2O2S. The van der Waals surface area contributed by atoms with E-state index >= 15 is 0 Å². The van der Waals surface area contributed by atoms with Crippen molar-refractivity contribution in [2.45, 2.75) is 18.0 Å². The maximum atomic E-state index is 11.7. The Morgan fingerprint density at radius 1 is 1.29 bits per heavy atom. The molecule has 0 spiro atoms. The van der Waals surface area contributed by atoms with Gasteiger partial charge >= 0.3 is 0 Å². The number of H-pyrrole nitrogens is 1. The third kappa shape index (κ3) is 4.37. The van der Waals surface area contributed by atoms with Crippen LogP contribution >= 0.6 is 11.8 Å². The number of hydrogen-bond donors (Lipinski definition) is 1. The molecule has 112 valence electrons. The molecule has 5 heteroatoms. The molecule has 0 radical (unpaired) electrons. The van der Waals surface area contributed by atoms with Crippen LogP contribution in [0.4, 0.5) is 0 Å². The van der Waals surface area contributed by atoms with E-state index in [9.17, 15) is 4.79 Å². The lowest BCUT2D eigenvalue weighted by atomic mass is 10.2. The van der Waals surface area contributed by atoms with Crippen LogP contribution < -0.4 is 10.2 Å². The first-order chi connectivity index (χ1) is 10.1. The zero-order valence-electron chi connectivity index (χ0n) is 12.6. The lowest BCUT2D eigenvalue weighted by Gasteiger charge is -2.17. The summed E-state index contributed by atoms with van der Waals surface area (Å²) < 4.78 is 4.97. The molecule has 0 saturated carbocycles. The Bertz CT molecular complexity index is 655. The van der Waals surface area contributed by atoms with E-state index in [2.05, 4.69) is 40.4 Å². The Morgan fingerprint density at radius 3 is 2.76 bits per heavy atom. The Labute approximate surface area is 129 Å². The van der Waals surface area contributed by atoms with Crippen LogP contribution in [0, 0.1) is 0 Å². The molecule has 0 aliphatic heterocycles. The van der Waals surface area contributed by atoms with E-state index < -0.39 is 0 Å². The van der Waals surface area contributed by atoms with Crippen LogP contribution in [0.25, 0.3) is 0 Å². The molecule has 0 atom stereocenters. The van der Waals surface area contributed by atoms with Crippen LogP contribution in [0.5, 0.6) is 5.75 Å². The standard InChI is InChI=1S/C16H20N2O2S/c1-18(10-12-5-4-6-14(7-12)21-3)11-13-8-15(19)16(20-2)9-17-13/h4-9H,10-11H2,1-3H3,(H,17,19). The van der Waals surface area contributed by atoms with E-state index in [0.717, 1.165) is 12.2 Å². The minimum absolute atomic E-state index is 0.0935. The number of ether oxygens (including phenoxy) is 1. The quantitative estimate of drug-likeness (QED) is 0.834. The predicted molar refractivity (Wildman–Crippen MR) is 87.0 cm³/mol. The molecule has 0 unspecified atom stereocenters. The largest absolute Gasteiger partial charge is 0.491 e. The zero-order valence-corrected chi connectivity index (χ0v) is 13.4. The number of nitrogens with one attached hydrogen (secondary N) is 1. The smallest absolute Gasteiger partial charge is 0.223 e. The topological polar surface area (TPSA) is 45.3 Å². The first kappa shape index (κ1) is 15.7. The first-order valence-electron chi connectivity index (χ1n) is 6.69. The molecule has 4 nitrogen and oxygen atoms in total. The molecule has 2 rings (SSSR count). The van der Waals surface area contributed by atoms with Gasteiger partial charge in [-0.3, -0.25) is 9.69 Å². The van der Waals surface area contributed by atoms with Crippen LogP contribution in [0.1, 0.15) is 11.3 Å². The molecule has 0 saturated heterocycles. The van der Waals surface area contributed by atoms with Crippen molar-refractivity contribution in [1.29, 1.82) is 0 Å². The van der Waals surface area contributed by atoms with Gasteiger partial charge in [0.05, 0.1) is 7.11 Å². The van der Waals surface area contributed by atoms with Crippen molar-refractivity contribution < 1.29 is 4.74 Å². The highest BCUT2D eigenvalue weighted by molar-refractivity contribution is 7.98. The van der Waals surface area contributed by atoms with Gasteiger partial charge in [0.2, 0.25) is 5.43 Å². The van der Waals surface area contributed by atoms with Gasteiger partial charge in [-0.15, -0.1) is 11.8 Å². The number of aromatic amines is 1. The monoisotopic (exact) mass is 304 g/mol. The number of aromatic nitrogens is 1. The van der Waals surface area contributed by atoms with Crippen molar-refractivity contribution in [2.75, 3.05) is 20.4 Å². The van der Waals surface area contributed by atoms with E-state index in [1.807, 2.05) is 7.05 Å². The summed E-state index contributed by atoms with van der Waals surface area (Å²) in [7, 11) is 3.53. The van der Waals surface area contributed by atoms with E-state index in [1.54, 1.807) is 24.0 Å². The molecule has 2 aromatic rings. The number of hydrogen-bond acceptors (Lipinski definition) is 4. The van der Waals surface area contributed by atoms with Crippen molar-refractivity contribution in [3.63, 3.8) is 0 Å². The van der Waals surface area contributed by atoms with Gasteiger partial charge in [-0.1, -0.05) is 12.1 Å². The van der Waals surface area contributed by atoms with Crippen LogP contribution in [-0.2, 0) is 13.1 Å². The van der Waals surface area contributed by atoms with Crippen LogP contribution in [-0.4, -0.2) is 30.3 Å². The van der Waals surface area contributed by atoms with Crippen molar-refractivity contribution in [3.05, 3.63) is 58.0 Å². The van der Waals surface area contributed by atoms with E-state index in [4.69, 9.17) is 4.74 Å². The fraction of sp³-hybridized carbons (Fsp3) is 0.312. The second-order valence-electron chi connectivity index (χ2n) is 4.91. The zero-order chi connectivity index (χ0) is 15.2. The lowest BCUT2D eigenvalue weighted by molar-refractivity contribution is 0.314. The maximum Gasteiger partial charge on any atom is 0.223 e. The van der Waals surface area contributed by atoms with Gasteiger partial charge in [0.25, 0.3) is 0 Å². The Hall–Kier alpha value is -1.72. The summed E-state index contributed by atoms with van der Waals surface area (Å²) >= 11 is 1.74. The fourth-order valence-electron chi connectivity index (χ4n) is 2.18. The number of pyridine rings is 1. The van der Waals surface area contributed by atoms with Crippen LogP contribution in [0.15, 0.2) is 46.2 Å². The molecule has 0 fully saturated rings. The highest BCUT2D eigenvalue weighted by Gasteiger charge is 2.05. The highest BCUT2D eigenvalue weighted by atomic mass is 32.2. The summed E-state index contributed by atoms with van der Waals surface area (Å²) in [5.41, 5.74) is 2.05. The van der Waals surface area contributed by atoms with Gasteiger partial charge in [-0.25, -0.2) is 0 Å². The number of rotatable bonds is 6.